The Hall–Kier alpha value is -0.0500. The maximum Gasteiger partial charge on any atom is 0.0465 e. The number of hydrogen-bond donors (Lipinski definition) is 1. The Labute approximate surface area is 116 Å². The second-order valence-electron chi connectivity index (χ2n) is 4.93. The number of halogens is 2. The molecular weight excluding hydrogens is 300 g/mol. The van der Waals surface area contributed by atoms with Crippen LogP contribution >= 0.6 is 27.5 Å². The van der Waals surface area contributed by atoms with Gasteiger partial charge in [0.2, 0.25) is 0 Å². The first-order chi connectivity index (χ1) is 8.20. The highest BCUT2D eigenvalue weighted by atomic mass is 79.9. The molecule has 3 heteroatoms. The minimum Gasteiger partial charge on any atom is -0.396 e. The molecule has 2 rings (SSSR count). The summed E-state index contributed by atoms with van der Waals surface area (Å²) in [5.74, 6) is 1.05. The number of aliphatic hydroxyl groups excluding tert-OH is 1. The maximum absolute atomic E-state index is 9.54. The zero-order valence-electron chi connectivity index (χ0n) is 9.83. The van der Waals surface area contributed by atoms with Gasteiger partial charge in [0, 0.05) is 16.1 Å². The summed E-state index contributed by atoms with van der Waals surface area (Å²) in [6, 6.07) is 6.01. The van der Waals surface area contributed by atoms with E-state index in [2.05, 4.69) is 22.0 Å². The molecule has 0 aromatic heterocycles. The van der Waals surface area contributed by atoms with Gasteiger partial charge in [0.1, 0.15) is 0 Å². The highest BCUT2D eigenvalue weighted by Gasteiger charge is 2.25. The largest absolute Gasteiger partial charge is 0.396 e. The second kappa shape index (κ2) is 6.21. The van der Waals surface area contributed by atoms with Crippen molar-refractivity contribution in [3.63, 3.8) is 0 Å². The highest BCUT2D eigenvalue weighted by Crippen LogP contribution is 2.34. The fourth-order valence-corrected chi connectivity index (χ4v) is 3.53. The van der Waals surface area contributed by atoms with Crippen molar-refractivity contribution in [3.05, 3.63) is 33.3 Å². The van der Waals surface area contributed by atoms with Crippen LogP contribution in [0.3, 0.4) is 0 Å². The van der Waals surface area contributed by atoms with Crippen LogP contribution in [0.4, 0.5) is 0 Å². The van der Waals surface area contributed by atoms with Crippen LogP contribution < -0.4 is 0 Å². The molecule has 1 nitrogen and oxygen atoms in total. The monoisotopic (exact) mass is 316 g/mol. The van der Waals surface area contributed by atoms with Crippen molar-refractivity contribution < 1.29 is 5.11 Å². The Morgan fingerprint density at radius 1 is 1.35 bits per heavy atom. The van der Waals surface area contributed by atoms with Crippen LogP contribution in [-0.4, -0.2) is 11.7 Å². The summed E-state index contributed by atoms with van der Waals surface area (Å²) in [6.45, 7) is 0.275. The van der Waals surface area contributed by atoms with Crippen molar-refractivity contribution in [1.29, 1.82) is 0 Å². The summed E-state index contributed by atoms with van der Waals surface area (Å²) < 4.78 is 1.01. The number of rotatable bonds is 4. The van der Waals surface area contributed by atoms with E-state index in [0.717, 1.165) is 21.5 Å². The molecule has 0 spiro atoms. The molecule has 1 aromatic carbocycles. The highest BCUT2D eigenvalue weighted by molar-refractivity contribution is 9.10. The van der Waals surface area contributed by atoms with Crippen LogP contribution in [0.2, 0.25) is 5.02 Å². The Bertz CT molecular complexity index is 374. The molecule has 1 fully saturated rings. The van der Waals surface area contributed by atoms with Gasteiger partial charge in [0.05, 0.1) is 0 Å². The third kappa shape index (κ3) is 3.46. The van der Waals surface area contributed by atoms with E-state index in [9.17, 15) is 5.11 Å². The smallest absolute Gasteiger partial charge is 0.0465 e. The van der Waals surface area contributed by atoms with Gasteiger partial charge in [-0.2, -0.15) is 0 Å². The lowest BCUT2D eigenvalue weighted by Gasteiger charge is -2.21. The first-order valence-electron chi connectivity index (χ1n) is 6.25. The van der Waals surface area contributed by atoms with Crippen molar-refractivity contribution in [2.45, 2.75) is 32.1 Å². The molecule has 1 saturated carbocycles. The first kappa shape index (κ1) is 13.4. The van der Waals surface area contributed by atoms with Gasteiger partial charge in [0.25, 0.3) is 0 Å². The van der Waals surface area contributed by atoms with Crippen LogP contribution in [-0.2, 0) is 6.42 Å². The van der Waals surface area contributed by atoms with Gasteiger partial charge in [-0.25, -0.2) is 0 Å². The van der Waals surface area contributed by atoms with Gasteiger partial charge < -0.3 is 5.11 Å². The summed E-state index contributed by atoms with van der Waals surface area (Å²) in [7, 11) is 0. The molecule has 1 unspecified atom stereocenters. The lowest BCUT2D eigenvalue weighted by Crippen LogP contribution is -2.18. The summed E-state index contributed by atoms with van der Waals surface area (Å²) in [6.07, 6.45) is 6.05. The molecule has 0 saturated heterocycles. The lowest BCUT2D eigenvalue weighted by molar-refractivity contribution is 0.175. The summed E-state index contributed by atoms with van der Waals surface area (Å²) in [5.41, 5.74) is 1.15. The average Bonchev–Trinajstić information content (AvgIpc) is 2.81. The molecular formula is C14H18BrClO. The molecule has 0 radical (unpaired) electrons. The van der Waals surface area contributed by atoms with Crippen LogP contribution in [0.1, 0.15) is 31.2 Å². The Balaban J connectivity index is 2.06. The summed E-state index contributed by atoms with van der Waals surface area (Å²) in [4.78, 5) is 0. The molecule has 1 atom stereocenters. The van der Waals surface area contributed by atoms with Crippen LogP contribution in [0, 0.1) is 11.8 Å². The predicted molar refractivity (Wildman–Crippen MR) is 75.4 cm³/mol. The molecule has 1 aromatic rings. The normalized spacial score (nSPS) is 18.5. The molecule has 17 heavy (non-hydrogen) atoms. The van der Waals surface area contributed by atoms with E-state index >= 15 is 0 Å². The predicted octanol–water partition coefficient (Wildman–Crippen LogP) is 4.44. The van der Waals surface area contributed by atoms with Gasteiger partial charge >= 0.3 is 0 Å². The van der Waals surface area contributed by atoms with E-state index in [1.807, 2.05) is 12.1 Å². The lowest BCUT2D eigenvalue weighted by atomic mass is 9.86. The van der Waals surface area contributed by atoms with Crippen molar-refractivity contribution in [1.82, 2.24) is 0 Å². The fraction of sp³-hybridized carbons (Fsp3) is 0.571. The maximum atomic E-state index is 9.54. The fourth-order valence-electron chi connectivity index (χ4n) is 2.78. The Morgan fingerprint density at radius 3 is 2.65 bits per heavy atom. The van der Waals surface area contributed by atoms with Gasteiger partial charge in [-0.15, -0.1) is 0 Å². The molecule has 0 amide bonds. The average molecular weight is 318 g/mol. The van der Waals surface area contributed by atoms with E-state index in [0.29, 0.717) is 11.8 Å². The topological polar surface area (TPSA) is 20.2 Å². The number of hydrogen-bond acceptors (Lipinski definition) is 1. The van der Waals surface area contributed by atoms with Crippen molar-refractivity contribution in [3.8, 4) is 0 Å². The first-order valence-corrected chi connectivity index (χ1v) is 7.42. The van der Waals surface area contributed by atoms with Crippen molar-refractivity contribution in [2.75, 3.05) is 6.61 Å². The van der Waals surface area contributed by atoms with Gasteiger partial charge in [0.15, 0.2) is 0 Å². The summed E-state index contributed by atoms with van der Waals surface area (Å²) in [5, 5.41) is 10.3. The summed E-state index contributed by atoms with van der Waals surface area (Å²) >= 11 is 9.64. The molecule has 94 valence electrons. The molecule has 0 aliphatic heterocycles. The zero-order chi connectivity index (χ0) is 12.3. The third-order valence-electron chi connectivity index (χ3n) is 3.80. The zero-order valence-corrected chi connectivity index (χ0v) is 12.2. The minimum absolute atomic E-state index is 0.275. The second-order valence-corrected chi connectivity index (χ2v) is 6.25. The molecule has 0 heterocycles. The van der Waals surface area contributed by atoms with E-state index < -0.39 is 0 Å². The van der Waals surface area contributed by atoms with Crippen molar-refractivity contribution >= 4 is 27.5 Å². The number of benzene rings is 1. The molecule has 1 aliphatic rings. The molecule has 0 bridgehead atoms. The number of aliphatic hydroxyl groups is 1. The van der Waals surface area contributed by atoms with Crippen molar-refractivity contribution in [2.24, 2.45) is 11.8 Å². The van der Waals surface area contributed by atoms with Crippen LogP contribution in [0.25, 0.3) is 0 Å². The minimum atomic E-state index is 0.275. The third-order valence-corrected chi connectivity index (χ3v) is 4.64. The van der Waals surface area contributed by atoms with Crippen LogP contribution in [0.15, 0.2) is 22.7 Å². The van der Waals surface area contributed by atoms with Gasteiger partial charge in [-0.3, -0.25) is 0 Å². The SMILES string of the molecule is OCC(Cc1ccc(Br)cc1Cl)C1CCCC1. The standard InChI is InChI=1S/C14H18BrClO/c15-13-6-5-11(14(16)8-13)7-12(9-17)10-3-1-2-4-10/h5-6,8,10,12,17H,1-4,7,9H2. The van der Waals surface area contributed by atoms with Crippen LogP contribution in [0.5, 0.6) is 0 Å². The molecule has 1 aliphatic carbocycles. The van der Waals surface area contributed by atoms with E-state index in [1.54, 1.807) is 0 Å². The van der Waals surface area contributed by atoms with Gasteiger partial charge in [-0.05, 0) is 36.0 Å². The quantitative estimate of drug-likeness (QED) is 0.870. The van der Waals surface area contributed by atoms with E-state index in [-0.39, 0.29) is 6.61 Å². The van der Waals surface area contributed by atoms with Gasteiger partial charge in [-0.1, -0.05) is 59.3 Å². The van der Waals surface area contributed by atoms with E-state index in [1.165, 1.54) is 25.7 Å². The molecule has 1 N–H and O–H groups in total. The Kier molecular flexibility index (Phi) is 4.89. The Morgan fingerprint density at radius 2 is 2.06 bits per heavy atom. The van der Waals surface area contributed by atoms with E-state index in [4.69, 9.17) is 11.6 Å².